The van der Waals surface area contributed by atoms with Gasteiger partial charge in [0.05, 0.1) is 5.52 Å². The molecule has 0 spiro atoms. The molecule has 0 saturated carbocycles. The van der Waals surface area contributed by atoms with E-state index in [0.717, 1.165) is 27.6 Å². The number of amides is 1. The first-order valence-corrected chi connectivity index (χ1v) is 8.91. The zero-order valence-corrected chi connectivity index (χ0v) is 15.1. The van der Waals surface area contributed by atoms with Crippen LogP contribution in [0.25, 0.3) is 22.0 Å². The highest BCUT2D eigenvalue weighted by molar-refractivity contribution is 6.30. The van der Waals surface area contributed by atoms with Gasteiger partial charge in [0, 0.05) is 34.9 Å². The molecule has 0 saturated heterocycles. The average molecular weight is 374 g/mol. The molecule has 0 radical (unpaired) electrons. The van der Waals surface area contributed by atoms with Gasteiger partial charge in [-0.05, 0) is 35.4 Å². The lowest BCUT2D eigenvalue weighted by atomic mass is 10.0. The van der Waals surface area contributed by atoms with E-state index in [1.54, 1.807) is 30.6 Å². The molecule has 0 aliphatic heterocycles. The minimum absolute atomic E-state index is 0.220. The van der Waals surface area contributed by atoms with E-state index in [9.17, 15) is 4.79 Å². The Balaban J connectivity index is 1.62. The van der Waals surface area contributed by atoms with E-state index >= 15 is 0 Å². The Kier molecular flexibility index (Phi) is 4.81. The number of benzene rings is 2. The van der Waals surface area contributed by atoms with E-state index in [1.165, 1.54) is 0 Å². The summed E-state index contributed by atoms with van der Waals surface area (Å²) in [6, 6.07) is 20.9. The molecule has 4 aromatic rings. The van der Waals surface area contributed by atoms with E-state index in [4.69, 9.17) is 11.6 Å². The number of hydrogen-bond donors (Lipinski definition) is 1. The Morgan fingerprint density at radius 1 is 0.926 bits per heavy atom. The molecule has 4 rings (SSSR count). The molecule has 0 bridgehead atoms. The Hall–Kier alpha value is -3.24. The summed E-state index contributed by atoms with van der Waals surface area (Å²) in [6.45, 7) is 0.414. The van der Waals surface area contributed by atoms with Gasteiger partial charge in [-0.15, -0.1) is 0 Å². The highest BCUT2D eigenvalue weighted by atomic mass is 35.5. The summed E-state index contributed by atoms with van der Waals surface area (Å²) in [7, 11) is 0. The molecule has 4 nitrogen and oxygen atoms in total. The van der Waals surface area contributed by atoms with Gasteiger partial charge in [0.25, 0.3) is 5.91 Å². The van der Waals surface area contributed by atoms with Crippen LogP contribution >= 0.6 is 11.6 Å². The maximum absolute atomic E-state index is 12.6. The first-order chi connectivity index (χ1) is 13.2. The fourth-order valence-electron chi connectivity index (χ4n) is 2.87. The third kappa shape index (κ3) is 3.81. The Morgan fingerprint density at radius 3 is 2.48 bits per heavy atom. The monoisotopic (exact) mass is 373 g/mol. The molecule has 0 aliphatic rings. The number of aromatic nitrogens is 2. The van der Waals surface area contributed by atoms with E-state index in [0.29, 0.717) is 17.3 Å². The normalized spacial score (nSPS) is 10.7. The van der Waals surface area contributed by atoms with Crippen LogP contribution < -0.4 is 5.32 Å². The zero-order chi connectivity index (χ0) is 18.6. The van der Waals surface area contributed by atoms with E-state index < -0.39 is 0 Å². The summed E-state index contributed by atoms with van der Waals surface area (Å²) >= 11 is 5.89. The Bertz CT molecular complexity index is 1100. The number of pyridine rings is 2. The minimum Gasteiger partial charge on any atom is -0.347 e. The quantitative estimate of drug-likeness (QED) is 0.554. The van der Waals surface area contributed by atoms with E-state index in [1.807, 2.05) is 48.5 Å². The van der Waals surface area contributed by atoms with Crippen LogP contribution in [0.2, 0.25) is 5.02 Å². The molecule has 0 aliphatic carbocycles. The zero-order valence-electron chi connectivity index (χ0n) is 14.4. The first-order valence-electron chi connectivity index (χ1n) is 8.53. The van der Waals surface area contributed by atoms with Crippen molar-refractivity contribution < 1.29 is 4.79 Å². The van der Waals surface area contributed by atoms with Crippen molar-refractivity contribution in [1.82, 2.24) is 15.3 Å². The molecule has 5 heteroatoms. The highest BCUT2D eigenvalue weighted by Gasteiger charge is 2.11. The van der Waals surface area contributed by atoms with Gasteiger partial charge in [0.1, 0.15) is 5.69 Å². The van der Waals surface area contributed by atoms with Gasteiger partial charge in [0.15, 0.2) is 0 Å². The predicted octanol–water partition coefficient (Wildman–Crippen LogP) is 4.88. The van der Waals surface area contributed by atoms with Crippen molar-refractivity contribution in [3.05, 3.63) is 95.4 Å². The van der Waals surface area contributed by atoms with Crippen LogP contribution in [-0.4, -0.2) is 15.9 Å². The number of carbonyl (C=O) groups is 1. The molecule has 1 amide bonds. The molecule has 0 fully saturated rings. The maximum Gasteiger partial charge on any atom is 0.270 e. The molecule has 2 aromatic heterocycles. The SMILES string of the molecule is O=C(NCc1ccc(Cl)cc1)c1ccc2cncc(-c3ccccc3)c2n1. The Labute approximate surface area is 161 Å². The third-order valence-corrected chi connectivity index (χ3v) is 4.53. The van der Waals surface area contributed by atoms with Crippen molar-refractivity contribution in [1.29, 1.82) is 0 Å². The molecule has 132 valence electrons. The van der Waals surface area contributed by atoms with Crippen molar-refractivity contribution in [2.75, 3.05) is 0 Å². The van der Waals surface area contributed by atoms with Gasteiger partial charge in [-0.3, -0.25) is 9.78 Å². The van der Waals surface area contributed by atoms with Crippen molar-refractivity contribution in [3.63, 3.8) is 0 Å². The van der Waals surface area contributed by atoms with Crippen molar-refractivity contribution in [2.24, 2.45) is 0 Å². The molecule has 2 aromatic carbocycles. The second-order valence-corrected chi connectivity index (χ2v) is 6.57. The summed E-state index contributed by atoms with van der Waals surface area (Å²) in [6.07, 6.45) is 3.53. The fraction of sp³-hybridized carbons (Fsp3) is 0.0455. The standard InChI is InChI=1S/C22H16ClN3O/c23-18-9-6-15(7-10-18)12-25-22(27)20-11-8-17-13-24-14-19(21(17)26-20)16-4-2-1-3-5-16/h1-11,13-14H,12H2,(H,25,27). The van der Waals surface area contributed by atoms with E-state index in [2.05, 4.69) is 15.3 Å². The largest absolute Gasteiger partial charge is 0.347 e. The number of fused-ring (bicyclic) bond motifs is 1. The van der Waals surface area contributed by atoms with E-state index in [-0.39, 0.29) is 5.91 Å². The number of carbonyl (C=O) groups excluding carboxylic acids is 1. The lowest BCUT2D eigenvalue weighted by Crippen LogP contribution is -2.23. The Morgan fingerprint density at radius 2 is 1.70 bits per heavy atom. The van der Waals surface area contributed by atoms with Crippen LogP contribution in [0.5, 0.6) is 0 Å². The van der Waals surface area contributed by atoms with Crippen molar-refractivity contribution >= 4 is 28.4 Å². The third-order valence-electron chi connectivity index (χ3n) is 4.28. The summed E-state index contributed by atoms with van der Waals surface area (Å²) in [5, 5.41) is 4.46. The minimum atomic E-state index is -0.220. The van der Waals surface area contributed by atoms with Crippen molar-refractivity contribution in [3.8, 4) is 11.1 Å². The van der Waals surface area contributed by atoms with Gasteiger partial charge in [-0.2, -0.15) is 0 Å². The summed E-state index contributed by atoms with van der Waals surface area (Å²) in [5.74, 6) is -0.220. The smallest absolute Gasteiger partial charge is 0.270 e. The molecule has 0 atom stereocenters. The molecule has 0 unspecified atom stereocenters. The summed E-state index contributed by atoms with van der Waals surface area (Å²) < 4.78 is 0. The topological polar surface area (TPSA) is 54.9 Å². The lowest BCUT2D eigenvalue weighted by Gasteiger charge is -2.09. The fourth-order valence-corrected chi connectivity index (χ4v) is 3.00. The van der Waals surface area contributed by atoms with Gasteiger partial charge in [0.2, 0.25) is 0 Å². The van der Waals surface area contributed by atoms with Crippen LogP contribution in [0.15, 0.2) is 79.1 Å². The number of hydrogen-bond acceptors (Lipinski definition) is 3. The first kappa shape index (κ1) is 17.2. The molecular formula is C22H16ClN3O. The van der Waals surface area contributed by atoms with Gasteiger partial charge >= 0.3 is 0 Å². The molecular weight excluding hydrogens is 358 g/mol. The maximum atomic E-state index is 12.6. The van der Waals surface area contributed by atoms with Gasteiger partial charge < -0.3 is 5.32 Å². The van der Waals surface area contributed by atoms with Crippen LogP contribution in [-0.2, 0) is 6.54 Å². The molecule has 27 heavy (non-hydrogen) atoms. The summed E-state index contributed by atoms with van der Waals surface area (Å²) in [4.78, 5) is 21.5. The second kappa shape index (κ2) is 7.56. The van der Waals surface area contributed by atoms with Crippen LogP contribution in [0.1, 0.15) is 16.1 Å². The number of nitrogens with one attached hydrogen (secondary N) is 1. The summed E-state index contributed by atoms with van der Waals surface area (Å²) in [5.41, 5.74) is 4.03. The van der Waals surface area contributed by atoms with Crippen LogP contribution in [0.4, 0.5) is 0 Å². The molecule has 1 N–H and O–H groups in total. The highest BCUT2D eigenvalue weighted by Crippen LogP contribution is 2.26. The van der Waals surface area contributed by atoms with Gasteiger partial charge in [-0.1, -0.05) is 54.1 Å². The number of nitrogens with zero attached hydrogens (tertiary/aromatic N) is 2. The van der Waals surface area contributed by atoms with Gasteiger partial charge in [-0.25, -0.2) is 4.98 Å². The number of halogens is 1. The van der Waals surface area contributed by atoms with Crippen LogP contribution in [0, 0.1) is 0 Å². The molecule has 2 heterocycles. The van der Waals surface area contributed by atoms with Crippen LogP contribution in [0.3, 0.4) is 0 Å². The average Bonchev–Trinajstić information content (AvgIpc) is 2.73. The van der Waals surface area contributed by atoms with Crippen molar-refractivity contribution in [2.45, 2.75) is 6.54 Å². The number of rotatable bonds is 4. The predicted molar refractivity (Wildman–Crippen MR) is 108 cm³/mol. The second-order valence-electron chi connectivity index (χ2n) is 6.13. The lowest BCUT2D eigenvalue weighted by molar-refractivity contribution is 0.0946.